The molecule has 140 valence electrons. The van der Waals surface area contributed by atoms with Gasteiger partial charge in [-0.05, 0) is 42.8 Å². The van der Waals surface area contributed by atoms with Gasteiger partial charge in [-0.1, -0.05) is 23.2 Å². The molecule has 0 fully saturated rings. The predicted octanol–water partition coefficient (Wildman–Crippen LogP) is 4.10. The molecule has 0 saturated carbocycles. The third-order valence-corrected chi connectivity index (χ3v) is 4.68. The quantitative estimate of drug-likeness (QED) is 0.756. The molecule has 0 spiro atoms. The number of imide groups is 1. The minimum atomic E-state index is -0.614. The van der Waals surface area contributed by atoms with Crippen LogP contribution in [0.3, 0.4) is 0 Å². The van der Waals surface area contributed by atoms with Gasteiger partial charge in [-0.3, -0.25) is 9.59 Å². The van der Waals surface area contributed by atoms with Crippen LogP contribution in [0.2, 0.25) is 5.02 Å². The molecule has 1 heterocycles. The summed E-state index contributed by atoms with van der Waals surface area (Å²) in [6, 6.07) is 9.91. The lowest BCUT2D eigenvalue weighted by atomic mass is 10.2. The molecule has 0 bridgehead atoms. The maximum atomic E-state index is 12.9. The highest BCUT2D eigenvalue weighted by Gasteiger charge is 2.39. The van der Waals surface area contributed by atoms with Gasteiger partial charge >= 0.3 is 0 Å². The van der Waals surface area contributed by atoms with Crippen LogP contribution in [0.5, 0.6) is 11.5 Å². The zero-order valence-electron chi connectivity index (χ0n) is 14.8. The number of aryl methyl sites for hydroxylation is 1. The van der Waals surface area contributed by atoms with Gasteiger partial charge < -0.3 is 14.8 Å². The van der Waals surface area contributed by atoms with E-state index in [2.05, 4.69) is 5.32 Å². The number of rotatable bonds is 5. The van der Waals surface area contributed by atoms with Crippen molar-refractivity contribution >= 4 is 46.4 Å². The first-order chi connectivity index (χ1) is 12.9. The summed E-state index contributed by atoms with van der Waals surface area (Å²) < 4.78 is 10.5. The van der Waals surface area contributed by atoms with Crippen molar-refractivity contribution in [2.45, 2.75) is 6.92 Å². The second-order valence-electron chi connectivity index (χ2n) is 5.76. The molecule has 6 nitrogen and oxygen atoms in total. The van der Waals surface area contributed by atoms with E-state index in [1.54, 1.807) is 43.3 Å². The van der Waals surface area contributed by atoms with E-state index in [4.69, 9.17) is 32.7 Å². The number of ether oxygens (including phenoxy) is 2. The van der Waals surface area contributed by atoms with E-state index in [1.165, 1.54) is 14.2 Å². The molecule has 1 N–H and O–H groups in total. The number of methoxy groups -OCH3 is 2. The maximum Gasteiger partial charge on any atom is 0.283 e. The number of nitrogens with one attached hydrogen (secondary N) is 1. The van der Waals surface area contributed by atoms with Gasteiger partial charge in [0.05, 0.1) is 25.6 Å². The summed E-state index contributed by atoms with van der Waals surface area (Å²) in [7, 11) is 3.01. The first kappa shape index (κ1) is 19.1. The molecule has 0 aromatic heterocycles. The Hall–Kier alpha value is -2.70. The summed E-state index contributed by atoms with van der Waals surface area (Å²) in [5.41, 5.74) is 1.50. The van der Waals surface area contributed by atoms with E-state index in [1.807, 2.05) is 0 Å². The summed E-state index contributed by atoms with van der Waals surface area (Å²) in [4.78, 5) is 26.6. The average Bonchev–Trinajstić information content (AvgIpc) is 2.85. The van der Waals surface area contributed by atoms with E-state index < -0.39 is 11.8 Å². The van der Waals surface area contributed by atoms with E-state index >= 15 is 0 Å². The molecule has 2 amide bonds. The molecule has 0 saturated heterocycles. The number of hydrogen-bond donors (Lipinski definition) is 1. The smallest absolute Gasteiger partial charge is 0.283 e. The molecule has 8 heteroatoms. The Kier molecular flexibility index (Phi) is 5.30. The zero-order valence-corrected chi connectivity index (χ0v) is 16.3. The Morgan fingerprint density at radius 3 is 2.33 bits per heavy atom. The molecule has 1 aliphatic rings. The van der Waals surface area contributed by atoms with Gasteiger partial charge in [0, 0.05) is 11.1 Å². The summed E-state index contributed by atoms with van der Waals surface area (Å²) >= 11 is 12.1. The summed E-state index contributed by atoms with van der Waals surface area (Å²) in [5.74, 6) is -0.164. The second-order valence-corrected chi connectivity index (χ2v) is 6.57. The third kappa shape index (κ3) is 3.46. The molecular formula is C19H16Cl2N2O4. The maximum absolute atomic E-state index is 12.9. The van der Waals surface area contributed by atoms with Crippen molar-refractivity contribution in [3.05, 3.63) is 57.7 Å². The third-order valence-electron chi connectivity index (χ3n) is 4.09. The Labute approximate surface area is 166 Å². The number of benzene rings is 2. The highest BCUT2D eigenvalue weighted by atomic mass is 35.5. The van der Waals surface area contributed by atoms with E-state index in [9.17, 15) is 9.59 Å². The molecule has 0 aliphatic carbocycles. The Bertz CT molecular complexity index is 972. The molecule has 1 aliphatic heterocycles. The van der Waals surface area contributed by atoms with Gasteiger partial charge in [-0.15, -0.1) is 0 Å². The second kappa shape index (κ2) is 7.50. The van der Waals surface area contributed by atoms with Crippen molar-refractivity contribution in [3.63, 3.8) is 0 Å². The van der Waals surface area contributed by atoms with Crippen LogP contribution < -0.4 is 19.7 Å². The fourth-order valence-electron chi connectivity index (χ4n) is 2.75. The van der Waals surface area contributed by atoms with Gasteiger partial charge in [0.25, 0.3) is 11.8 Å². The number of carbonyl (C=O) groups excluding carboxylic acids is 2. The monoisotopic (exact) mass is 406 g/mol. The van der Waals surface area contributed by atoms with Crippen molar-refractivity contribution < 1.29 is 19.1 Å². The zero-order chi connectivity index (χ0) is 19.7. The number of halogens is 2. The van der Waals surface area contributed by atoms with Crippen LogP contribution in [0.25, 0.3) is 0 Å². The van der Waals surface area contributed by atoms with Crippen molar-refractivity contribution in [1.82, 2.24) is 0 Å². The van der Waals surface area contributed by atoms with Crippen molar-refractivity contribution in [2.24, 2.45) is 0 Å². The van der Waals surface area contributed by atoms with Crippen LogP contribution >= 0.6 is 23.2 Å². The van der Waals surface area contributed by atoms with E-state index in [-0.39, 0.29) is 10.7 Å². The molecule has 27 heavy (non-hydrogen) atoms. The van der Waals surface area contributed by atoms with Crippen molar-refractivity contribution in [2.75, 3.05) is 24.4 Å². The summed E-state index contributed by atoms with van der Waals surface area (Å²) in [5, 5.41) is 3.20. The first-order valence-corrected chi connectivity index (χ1v) is 8.66. The Morgan fingerprint density at radius 1 is 0.963 bits per heavy atom. The highest BCUT2D eigenvalue weighted by Crippen LogP contribution is 2.36. The van der Waals surface area contributed by atoms with Crippen molar-refractivity contribution in [1.29, 1.82) is 0 Å². The standard InChI is InChI=1S/C19H16Cl2N2O4/c1-10-8-11(20)4-6-14(10)23-18(24)16(21)17(19(23)25)22-13-9-12(26-2)5-7-15(13)27-3/h4-9,22H,1-3H3. The lowest BCUT2D eigenvalue weighted by Gasteiger charge is -2.18. The van der Waals surface area contributed by atoms with Crippen LogP contribution in [0.1, 0.15) is 5.56 Å². The number of nitrogens with zero attached hydrogens (tertiary/aromatic N) is 1. The van der Waals surface area contributed by atoms with Gasteiger partial charge in [-0.25, -0.2) is 4.90 Å². The number of hydrogen-bond acceptors (Lipinski definition) is 5. The van der Waals surface area contributed by atoms with E-state index in [0.717, 1.165) is 4.90 Å². The van der Waals surface area contributed by atoms with Crippen LogP contribution in [-0.4, -0.2) is 26.0 Å². The van der Waals surface area contributed by atoms with E-state index in [0.29, 0.717) is 33.5 Å². The number of carbonyl (C=O) groups is 2. The van der Waals surface area contributed by atoms with Crippen LogP contribution in [0.15, 0.2) is 47.1 Å². The molecule has 0 atom stereocenters. The molecule has 0 radical (unpaired) electrons. The highest BCUT2D eigenvalue weighted by molar-refractivity contribution is 6.53. The minimum absolute atomic E-state index is 0.0393. The topological polar surface area (TPSA) is 67.9 Å². The Balaban J connectivity index is 1.98. The minimum Gasteiger partial charge on any atom is -0.497 e. The summed E-state index contributed by atoms with van der Waals surface area (Å²) in [6.45, 7) is 1.76. The largest absolute Gasteiger partial charge is 0.497 e. The molecule has 0 unspecified atom stereocenters. The lowest BCUT2D eigenvalue weighted by molar-refractivity contribution is -0.120. The molecule has 3 rings (SSSR count). The van der Waals surface area contributed by atoms with Crippen LogP contribution in [0, 0.1) is 6.92 Å². The normalized spacial score (nSPS) is 14.0. The number of amides is 2. The average molecular weight is 407 g/mol. The SMILES string of the molecule is COc1ccc(OC)c(NC2=C(Cl)C(=O)N(c3ccc(Cl)cc3C)C2=O)c1. The van der Waals surface area contributed by atoms with Crippen molar-refractivity contribution in [3.8, 4) is 11.5 Å². The Morgan fingerprint density at radius 2 is 1.70 bits per heavy atom. The van der Waals surface area contributed by atoms with Gasteiger partial charge in [-0.2, -0.15) is 0 Å². The van der Waals surface area contributed by atoms with Crippen LogP contribution in [0.4, 0.5) is 11.4 Å². The van der Waals surface area contributed by atoms with Crippen LogP contribution in [-0.2, 0) is 9.59 Å². The predicted molar refractivity (Wildman–Crippen MR) is 105 cm³/mol. The van der Waals surface area contributed by atoms with Gasteiger partial charge in [0.1, 0.15) is 22.2 Å². The van der Waals surface area contributed by atoms with Gasteiger partial charge in [0.15, 0.2) is 0 Å². The molecular weight excluding hydrogens is 391 g/mol. The van der Waals surface area contributed by atoms with Gasteiger partial charge in [0.2, 0.25) is 0 Å². The lowest BCUT2D eigenvalue weighted by Crippen LogP contribution is -2.32. The fourth-order valence-corrected chi connectivity index (χ4v) is 3.19. The summed E-state index contributed by atoms with van der Waals surface area (Å²) in [6.07, 6.45) is 0. The molecule has 2 aromatic carbocycles. The fraction of sp³-hybridized carbons (Fsp3) is 0.158. The molecule has 2 aromatic rings. The first-order valence-electron chi connectivity index (χ1n) is 7.91. The number of anilines is 2.